The molecule has 4 nitrogen and oxygen atoms in total. The summed E-state index contributed by atoms with van der Waals surface area (Å²) in [6, 6.07) is 27.7. The minimum atomic E-state index is 1.21. The predicted molar refractivity (Wildman–Crippen MR) is 171 cm³/mol. The third kappa shape index (κ3) is 3.59. The van der Waals surface area contributed by atoms with Crippen LogP contribution < -0.4 is 19.6 Å². The van der Waals surface area contributed by atoms with Gasteiger partial charge in [0.2, 0.25) is 0 Å². The molecule has 6 rings (SSSR count). The molecule has 6 aromatic carbocycles. The van der Waals surface area contributed by atoms with Gasteiger partial charge >= 0.3 is 0 Å². The van der Waals surface area contributed by atoms with E-state index in [4.69, 9.17) is 0 Å². The molecule has 0 unspecified atom stereocenters. The first-order chi connectivity index (χ1) is 18.2. The van der Waals surface area contributed by atoms with E-state index in [0.29, 0.717) is 0 Å². The van der Waals surface area contributed by atoms with Crippen molar-refractivity contribution in [2.75, 3.05) is 76.0 Å². The third-order valence-corrected chi connectivity index (χ3v) is 7.99. The van der Waals surface area contributed by atoms with Crippen molar-refractivity contribution in [1.82, 2.24) is 0 Å². The van der Waals surface area contributed by atoms with Crippen molar-refractivity contribution in [2.45, 2.75) is 0 Å². The molecular weight excluding hydrogens is 464 g/mol. The van der Waals surface area contributed by atoms with Crippen LogP contribution in [0.2, 0.25) is 0 Å². The Kier molecular flexibility index (Phi) is 5.53. The molecule has 0 aromatic heterocycles. The second kappa shape index (κ2) is 8.70. The van der Waals surface area contributed by atoms with Gasteiger partial charge in [-0.05, 0) is 102 Å². The van der Waals surface area contributed by atoms with Crippen LogP contribution in [0.1, 0.15) is 0 Å². The van der Waals surface area contributed by atoms with Crippen molar-refractivity contribution in [3.63, 3.8) is 0 Å². The van der Waals surface area contributed by atoms with Crippen LogP contribution >= 0.6 is 0 Å². The standard InChI is InChI=1S/C34H36N4/c1-35(2)21-12-16-28-29(17-21)27-15-11-24(38(7)8)20-32(27)34-31-19-23(37(5)6)10-14-26(31)25-13-9-22(36(3)4)18-30(25)33(28)34/h9-20H,1-8H3. The summed E-state index contributed by atoms with van der Waals surface area (Å²) in [5.41, 5.74) is 4.84. The Morgan fingerprint density at radius 1 is 0.289 bits per heavy atom. The normalized spacial score (nSPS) is 11.7. The van der Waals surface area contributed by atoms with Crippen molar-refractivity contribution < 1.29 is 0 Å². The first-order valence-electron chi connectivity index (χ1n) is 13.2. The van der Waals surface area contributed by atoms with Gasteiger partial charge in [-0.3, -0.25) is 0 Å². The van der Waals surface area contributed by atoms with Crippen molar-refractivity contribution in [2.24, 2.45) is 0 Å². The Hall–Kier alpha value is -4.18. The Labute approximate surface area is 225 Å². The van der Waals surface area contributed by atoms with Crippen LogP contribution in [0.5, 0.6) is 0 Å². The molecule has 0 heterocycles. The Bertz CT molecular complexity index is 1880. The molecule has 6 aromatic rings. The van der Waals surface area contributed by atoms with E-state index in [0.717, 1.165) is 0 Å². The van der Waals surface area contributed by atoms with E-state index in [-0.39, 0.29) is 0 Å². The van der Waals surface area contributed by atoms with Crippen LogP contribution in [-0.4, -0.2) is 56.4 Å². The van der Waals surface area contributed by atoms with E-state index in [9.17, 15) is 0 Å². The monoisotopic (exact) mass is 500 g/mol. The zero-order valence-electron chi connectivity index (χ0n) is 23.7. The second-order valence-corrected chi connectivity index (χ2v) is 11.2. The summed E-state index contributed by atoms with van der Waals surface area (Å²) < 4.78 is 0. The molecule has 0 fully saturated rings. The minimum Gasteiger partial charge on any atom is -0.378 e. The quantitative estimate of drug-likeness (QED) is 0.230. The van der Waals surface area contributed by atoms with Crippen molar-refractivity contribution in [3.05, 3.63) is 72.8 Å². The zero-order valence-corrected chi connectivity index (χ0v) is 23.7. The van der Waals surface area contributed by atoms with Gasteiger partial charge in [0.05, 0.1) is 0 Å². The molecule has 0 radical (unpaired) electrons. The van der Waals surface area contributed by atoms with Crippen LogP contribution in [-0.2, 0) is 0 Å². The van der Waals surface area contributed by atoms with Gasteiger partial charge in [0.1, 0.15) is 0 Å². The van der Waals surface area contributed by atoms with Crippen LogP contribution in [0, 0.1) is 0 Å². The summed E-state index contributed by atoms with van der Waals surface area (Å²) in [5.74, 6) is 0. The molecule has 0 atom stereocenters. The Morgan fingerprint density at radius 3 is 0.895 bits per heavy atom. The van der Waals surface area contributed by atoms with E-state index >= 15 is 0 Å². The molecule has 0 aliphatic rings. The molecule has 0 amide bonds. The highest BCUT2D eigenvalue weighted by atomic mass is 15.1. The summed E-state index contributed by atoms with van der Waals surface area (Å²) >= 11 is 0. The van der Waals surface area contributed by atoms with E-state index < -0.39 is 0 Å². The summed E-state index contributed by atoms with van der Waals surface area (Å²) in [6.07, 6.45) is 0. The predicted octanol–water partition coefficient (Wildman–Crippen LogP) is 7.72. The lowest BCUT2D eigenvalue weighted by Crippen LogP contribution is -2.09. The zero-order chi connectivity index (χ0) is 26.9. The molecule has 0 aliphatic heterocycles. The highest BCUT2D eigenvalue weighted by molar-refractivity contribution is 6.40. The summed E-state index contributed by atoms with van der Waals surface area (Å²) in [6.45, 7) is 0. The summed E-state index contributed by atoms with van der Waals surface area (Å²) in [7, 11) is 16.9. The number of anilines is 4. The lowest BCUT2D eigenvalue weighted by atomic mass is 9.86. The van der Waals surface area contributed by atoms with E-state index in [1.165, 1.54) is 76.6 Å². The van der Waals surface area contributed by atoms with Crippen LogP contribution in [0.15, 0.2) is 72.8 Å². The van der Waals surface area contributed by atoms with Gasteiger partial charge in [-0.2, -0.15) is 0 Å². The fourth-order valence-corrected chi connectivity index (χ4v) is 5.84. The fraction of sp³-hybridized carbons (Fsp3) is 0.235. The van der Waals surface area contributed by atoms with Gasteiger partial charge in [-0.1, -0.05) is 24.3 Å². The number of hydrogen-bond donors (Lipinski definition) is 0. The molecule has 0 saturated carbocycles. The molecule has 0 spiro atoms. The fourth-order valence-electron chi connectivity index (χ4n) is 5.84. The SMILES string of the molecule is CN(C)c1ccc2c(c1)c1ccc(N(C)C)cc1c1c3cc(N(C)C)ccc3c3ccc(N(C)C)cc3c21. The van der Waals surface area contributed by atoms with Crippen LogP contribution in [0.3, 0.4) is 0 Å². The molecule has 0 aliphatic carbocycles. The lowest BCUT2D eigenvalue weighted by Gasteiger charge is -2.22. The molecule has 192 valence electrons. The number of fused-ring (bicyclic) bond motifs is 11. The molecule has 4 heteroatoms. The minimum absolute atomic E-state index is 1.21. The van der Waals surface area contributed by atoms with E-state index in [2.05, 4.69) is 149 Å². The average Bonchev–Trinajstić information content (AvgIpc) is 2.91. The van der Waals surface area contributed by atoms with Crippen LogP contribution in [0.25, 0.3) is 53.9 Å². The number of benzene rings is 6. The maximum absolute atomic E-state index is 2.38. The number of nitrogens with zero attached hydrogens (tertiary/aromatic N) is 4. The second-order valence-electron chi connectivity index (χ2n) is 11.2. The summed E-state index contributed by atoms with van der Waals surface area (Å²) in [4.78, 5) is 8.78. The molecule has 0 bridgehead atoms. The number of rotatable bonds is 4. The maximum atomic E-state index is 2.38. The topological polar surface area (TPSA) is 13.0 Å². The average molecular weight is 501 g/mol. The molecule has 38 heavy (non-hydrogen) atoms. The van der Waals surface area contributed by atoms with Gasteiger partial charge < -0.3 is 19.6 Å². The first kappa shape index (κ1) is 24.2. The van der Waals surface area contributed by atoms with Crippen molar-refractivity contribution in [3.8, 4) is 0 Å². The smallest absolute Gasteiger partial charge is 0.0367 e. The Morgan fingerprint density at radius 2 is 0.553 bits per heavy atom. The first-order valence-corrected chi connectivity index (χ1v) is 13.2. The van der Waals surface area contributed by atoms with Gasteiger partial charge in [0.15, 0.2) is 0 Å². The van der Waals surface area contributed by atoms with Gasteiger partial charge in [0, 0.05) is 79.1 Å². The Balaban J connectivity index is 1.98. The van der Waals surface area contributed by atoms with Gasteiger partial charge in [0.25, 0.3) is 0 Å². The van der Waals surface area contributed by atoms with Crippen LogP contribution in [0.4, 0.5) is 22.7 Å². The highest BCUT2D eigenvalue weighted by Crippen LogP contribution is 2.46. The van der Waals surface area contributed by atoms with E-state index in [1.807, 2.05) is 0 Å². The third-order valence-electron chi connectivity index (χ3n) is 7.99. The van der Waals surface area contributed by atoms with Crippen molar-refractivity contribution in [1.29, 1.82) is 0 Å². The maximum Gasteiger partial charge on any atom is 0.0367 e. The molecule has 0 N–H and O–H groups in total. The lowest BCUT2D eigenvalue weighted by molar-refractivity contribution is 1.13. The largest absolute Gasteiger partial charge is 0.378 e. The van der Waals surface area contributed by atoms with Gasteiger partial charge in [-0.25, -0.2) is 0 Å². The molecular formula is C34H36N4. The number of hydrogen-bond acceptors (Lipinski definition) is 4. The summed E-state index contributed by atoms with van der Waals surface area (Å²) in [5, 5.41) is 13.0. The highest BCUT2D eigenvalue weighted by Gasteiger charge is 2.18. The van der Waals surface area contributed by atoms with E-state index in [1.54, 1.807) is 0 Å². The molecule has 0 saturated heterocycles. The van der Waals surface area contributed by atoms with Gasteiger partial charge in [-0.15, -0.1) is 0 Å². The van der Waals surface area contributed by atoms with Crippen molar-refractivity contribution >= 4 is 76.6 Å².